The molecule has 0 aromatic heterocycles. The molecule has 0 spiro atoms. The van der Waals surface area contributed by atoms with Crippen LogP contribution in [0.25, 0.3) is 0 Å². The van der Waals surface area contributed by atoms with E-state index in [1.807, 2.05) is 42.5 Å². The molecule has 0 N–H and O–H groups in total. The second kappa shape index (κ2) is 6.38. The van der Waals surface area contributed by atoms with Crippen molar-refractivity contribution in [2.75, 3.05) is 11.9 Å². The number of carbonyl (C=O) groups excluding carboxylic acids is 2. The minimum absolute atomic E-state index is 0.110. The van der Waals surface area contributed by atoms with Crippen molar-refractivity contribution in [1.82, 2.24) is 0 Å². The van der Waals surface area contributed by atoms with E-state index in [9.17, 15) is 9.59 Å². The molecule has 1 amide bonds. The molecule has 3 unspecified atom stereocenters. The molecule has 2 heterocycles. The normalized spacial score (nSPS) is 26.4. The van der Waals surface area contributed by atoms with E-state index in [1.54, 1.807) is 31.9 Å². The van der Waals surface area contributed by atoms with E-state index in [4.69, 9.17) is 11.2 Å². The molecule has 2 aliphatic rings. The highest BCUT2D eigenvalue weighted by Crippen LogP contribution is 2.53. The third-order valence-electron chi connectivity index (χ3n) is 5.76. The number of anilines is 1. The maximum atomic E-state index is 13.2. The average Bonchev–Trinajstić information content (AvgIpc) is 2.77. The monoisotopic (exact) mass is 371 g/mol. The largest absolute Gasteiger partial charge is 0.481 e. The summed E-state index contributed by atoms with van der Waals surface area (Å²) in [5, 5.41) is 0. The lowest BCUT2D eigenvalue weighted by molar-refractivity contribution is -0.141. The number of hydrogen-bond donors (Lipinski definition) is 0. The molecule has 3 atom stereocenters. The van der Waals surface area contributed by atoms with E-state index in [1.165, 1.54) is 6.08 Å². The van der Waals surface area contributed by atoms with Gasteiger partial charge in [-0.3, -0.25) is 9.59 Å². The molecular formula is C24H21NO3. The van der Waals surface area contributed by atoms with Crippen LogP contribution in [-0.2, 0) is 19.9 Å². The molecule has 0 saturated carbocycles. The van der Waals surface area contributed by atoms with E-state index >= 15 is 0 Å². The zero-order chi connectivity index (χ0) is 20.1. The number of carbonyl (C=O) groups is 2. The van der Waals surface area contributed by atoms with Gasteiger partial charge in [-0.25, -0.2) is 0 Å². The summed E-state index contributed by atoms with van der Waals surface area (Å²) in [5.41, 5.74) is 1.81. The summed E-state index contributed by atoms with van der Waals surface area (Å²) >= 11 is 0. The van der Waals surface area contributed by atoms with Gasteiger partial charge in [-0.2, -0.15) is 0 Å². The first-order valence-corrected chi connectivity index (χ1v) is 9.25. The standard InChI is InChI=1S/C24H21NO3/c1-5-17-11-12-20-19(14-17)24(18-9-7-6-8-10-18)22(16(3)23(27)25(20)4)21(26)13-15(2)28-24/h1,6-14,16,22H,2-4H3. The number of rotatable bonds is 1. The summed E-state index contributed by atoms with van der Waals surface area (Å²) in [4.78, 5) is 28.0. The highest BCUT2D eigenvalue weighted by Gasteiger charge is 2.57. The molecule has 28 heavy (non-hydrogen) atoms. The number of nitrogens with zero attached hydrogens (tertiary/aromatic N) is 1. The Balaban J connectivity index is 2.16. The Morgan fingerprint density at radius 3 is 2.54 bits per heavy atom. The number of amides is 1. The van der Waals surface area contributed by atoms with Crippen molar-refractivity contribution in [2.45, 2.75) is 19.4 Å². The van der Waals surface area contributed by atoms with Gasteiger partial charge in [-0.15, -0.1) is 6.42 Å². The molecule has 0 bridgehead atoms. The first kappa shape index (κ1) is 18.1. The molecule has 4 heteroatoms. The zero-order valence-corrected chi connectivity index (χ0v) is 16.1. The predicted molar refractivity (Wildman–Crippen MR) is 108 cm³/mol. The summed E-state index contributed by atoms with van der Waals surface area (Å²) in [6.07, 6.45) is 7.16. The minimum Gasteiger partial charge on any atom is -0.481 e. The van der Waals surface area contributed by atoms with E-state index < -0.39 is 17.4 Å². The van der Waals surface area contributed by atoms with Gasteiger partial charge in [0.15, 0.2) is 11.4 Å². The lowest BCUT2D eigenvalue weighted by atomic mass is 9.67. The lowest BCUT2D eigenvalue weighted by Crippen LogP contribution is -2.49. The predicted octanol–water partition coefficient (Wildman–Crippen LogP) is 3.64. The third kappa shape index (κ3) is 2.40. The van der Waals surface area contributed by atoms with Crippen LogP contribution in [0.15, 0.2) is 60.4 Å². The highest BCUT2D eigenvalue weighted by molar-refractivity contribution is 6.04. The summed E-state index contributed by atoms with van der Waals surface area (Å²) in [6.45, 7) is 3.57. The van der Waals surface area contributed by atoms with Gasteiger partial charge in [0.1, 0.15) is 0 Å². The second-order valence-electron chi connectivity index (χ2n) is 7.40. The third-order valence-corrected chi connectivity index (χ3v) is 5.76. The summed E-state index contributed by atoms with van der Waals surface area (Å²) in [6, 6.07) is 15.1. The molecule has 2 aromatic rings. The number of allylic oxidation sites excluding steroid dienone is 2. The van der Waals surface area contributed by atoms with Crippen molar-refractivity contribution in [3.05, 3.63) is 77.1 Å². The summed E-state index contributed by atoms with van der Waals surface area (Å²) in [7, 11) is 1.73. The van der Waals surface area contributed by atoms with Crippen LogP contribution < -0.4 is 4.90 Å². The Labute approximate surface area is 164 Å². The number of benzene rings is 2. The van der Waals surface area contributed by atoms with Crippen molar-refractivity contribution in [3.8, 4) is 12.3 Å². The summed E-state index contributed by atoms with van der Waals surface area (Å²) in [5.74, 6) is 1.69. The van der Waals surface area contributed by atoms with E-state index in [-0.39, 0.29) is 11.7 Å². The van der Waals surface area contributed by atoms with Crippen LogP contribution in [0.3, 0.4) is 0 Å². The Hall–Kier alpha value is -3.32. The fourth-order valence-corrected chi connectivity index (χ4v) is 4.52. The number of terminal acetylenes is 1. The van der Waals surface area contributed by atoms with E-state index in [0.29, 0.717) is 17.0 Å². The van der Waals surface area contributed by atoms with Gasteiger partial charge in [0.25, 0.3) is 0 Å². The van der Waals surface area contributed by atoms with Crippen molar-refractivity contribution < 1.29 is 14.3 Å². The first-order valence-electron chi connectivity index (χ1n) is 9.25. The number of ether oxygens (including phenoxy) is 1. The highest BCUT2D eigenvalue weighted by atomic mass is 16.5. The molecule has 4 rings (SSSR count). The first-order chi connectivity index (χ1) is 13.4. The van der Waals surface area contributed by atoms with Crippen molar-refractivity contribution in [3.63, 3.8) is 0 Å². The van der Waals surface area contributed by atoms with E-state index in [2.05, 4.69) is 5.92 Å². The fraction of sp³-hybridized carbons (Fsp3) is 0.250. The van der Waals surface area contributed by atoms with E-state index in [0.717, 1.165) is 11.1 Å². The molecule has 0 radical (unpaired) electrons. The molecule has 2 aliphatic heterocycles. The van der Waals surface area contributed by atoms with Crippen molar-refractivity contribution >= 4 is 17.4 Å². The average molecular weight is 371 g/mol. The molecule has 0 fully saturated rings. The van der Waals surface area contributed by atoms with Gasteiger partial charge in [-0.1, -0.05) is 43.2 Å². The SMILES string of the molecule is C#Cc1ccc2c(c1)C1(c3ccccc3)OC(C)=CC(=O)C1C(C)C(=O)N2C. The molecular weight excluding hydrogens is 350 g/mol. The smallest absolute Gasteiger partial charge is 0.230 e. The Kier molecular flexibility index (Phi) is 4.12. The topological polar surface area (TPSA) is 46.6 Å². The van der Waals surface area contributed by atoms with Crippen LogP contribution in [0.2, 0.25) is 0 Å². The second-order valence-corrected chi connectivity index (χ2v) is 7.40. The quantitative estimate of drug-likeness (QED) is 0.719. The van der Waals surface area contributed by atoms with Crippen LogP contribution >= 0.6 is 0 Å². The van der Waals surface area contributed by atoms with Crippen LogP contribution in [0.1, 0.15) is 30.5 Å². The molecule has 0 saturated heterocycles. The number of ketones is 1. The van der Waals surface area contributed by atoms with Gasteiger partial charge in [0.05, 0.1) is 23.3 Å². The van der Waals surface area contributed by atoms with Crippen molar-refractivity contribution in [2.24, 2.45) is 11.8 Å². The molecule has 4 nitrogen and oxygen atoms in total. The zero-order valence-electron chi connectivity index (χ0n) is 16.1. The van der Waals surface area contributed by atoms with Gasteiger partial charge >= 0.3 is 0 Å². The van der Waals surface area contributed by atoms with Crippen LogP contribution in [-0.4, -0.2) is 18.7 Å². The van der Waals surface area contributed by atoms with Crippen LogP contribution in [0, 0.1) is 24.2 Å². The molecule has 2 aromatic carbocycles. The van der Waals surface area contributed by atoms with Gasteiger partial charge < -0.3 is 9.64 Å². The van der Waals surface area contributed by atoms with Crippen LogP contribution in [0.5, 0.6) is 0 Å². The minimum atomic E-state index is -1.13. The maximum Gasteiger partial charge on any atom is 0.230 e. The molecule has 0 aliphatic carbocycles. The van der Waals surface area contributed by atoms with Crippen LogP contribution in [0.4, 0.5) is 5.69 Å². The Morgan fingerprint density at radius 2 is 1.86 bits per heavy atom. The number of fused-ring (bicyclic) bond motifs is 3. The van der Waals surface area contributed by atoms with Gasteiger partial charge in [-0.05, 0) is 25.1 Å². The van der Waals surface area contributed by atoms with Crippen molar-refractivity contribution in [1.29, 1.82) is 0 Å². The maximum absolute atomic E-state index is 13.2. The fourth-order valence-electron chi connectivity index (χ4n) is 4.52. The van der Waals surface area contributed by atoms with Gasteiger partial charge in [0, 0.05) is 29.8 Å². The Bertz CT molecular complexity index is 1050. The Morgan fingerprint density at radius 1 is 1.14 bits per heavy atom. The summed E-state index contributed by atoms with van der Waals surface area (Å²) < 4.78 is 6.50. The van der Waals surface area contributed by atoms with Gasteiger partial charge in [0.2, 0.25) is 5.91 Å². The number of hydrogen-bond acceptors (Lipinski definition) is 3. The molecule has 140 valence electrons. The lowest BCUT2D eigenvalue weighted by Gasteiger charge is -2.44.